The van der Waals surface area contributed by atoms with Gasteiger partial charge in [-0.3, -0.25) is 4.79 Å². The van der Waals surface area contributed by atoms with E-state index in [2.05, 4.69) is 15.9 Å². The third kappa shape index (κ3) is 2.34. The molecule has 1 saturated carbocycles. The maximum Gasteiger partial charge on any atom is 0.417 e. The number of carbonyl (C=O) groups excluding carboxylic acids is 1. The van der Waals surface area contributed by atoms with E-state index in [-0.39, 0.29) is 11.6 Å². The zero-order chi connectivity index (χ0) is 14.5. The van der Waals surface area contributed by atoms with Crippen molar-refractivity contribution in [1.82, 2.24) is 4.90 Å². The Morgan fingerprint density at radius 2 is 2.05 bits per heavy atom. The zero-order valence-corrected chi connectivity index (χ0v) is 12.2. The van der Waals surface area contributed by atoms with E-state index >= 15 is 0 Å². The lowest BCUT2D eigenvalue weighted by Crippen LogP contribution is -2.38. The van der Waals surface area contributed by atoms with Gasteiger partial charge in [0, 0.05) is 17.1 Å². The summed E-state index contributed by atoms with van der Waals surface area (Å²) in [6.45, 7) is 0.594. The summed E-state index contributed by atoms with van der Waals surface area (Å²) in [5, 5.41) is 0. The molecule has 2 unspecified atom stereocenters. The van der Waals surface area contributed by atoms with Crippen LogP contribution in [-0.2, 0) is 6.18 Å². The molecule has 1 aromatic carbocycles. The highest BCUT2D eigenvalue weighted by Crippen LogP contribution is 2.40. The summed E-state index contributed by atoms with van der Waals surface area (Å²) < 4.78 is 39.5. The van der Waals surface area contributed by atoms with Crippen LogP contribution in [0.1, 0.15) is 35.2 Å². The van der Waals surface area contributed by atoms with Gasteiger partial charge in [0.1, 0.15) is 0 Å². The fourth-order valence-corrected chi connectivity index (χ4v) is 3.63. The second kappa shape index (κ2) is 4.76. The first kappa shape index (κ1) is 13.9. The van der Waals surface area contributed by atoms with Gasteiger partial charge in [-0.25, -0.2) is 0 Å². The van der Waals surface area contributed by atoms with Gasteiger partial charge in [-0.05, 0) is 43.4 Å². The van der Waals surface area contributed by atoms with Gasteiger partial charge in [-0.2, -0.15) is 13.2 Å². The molecule has 1 aliphatic carbocycles. The largest absolute Gasteiger partial charge is 0.417 e. The van der Waals surface area contributed by atoms with Crippen molar-refractivity contribution in [2.75, 3.05) is 6.54 Å². The van der Waals surface area contributed by atoms with Crippen LogP contribution >= 0.6 is 15.9 Å². The number of carbonyl (C=O) groups is 1. The summed E-state index contributed by atoms with van der Waals surface area (Å²) in [5.41, 5.74) is -1.10. The molecule has 108 valence electrons. The minimum absolute atomic E-state index is 0.122. The van der Waals surface area contributed by atoms with E-state index < -0.39 is 17.6 Å². The van der Waals surface area contributed by atoms with E-state index in [0.29, 0.717) is 16.9 Å². The molecule has 1 amide bonds. The van der Waals surface area contributed by atoms with E-state index in [0.717, 1.165) is 25.3 Å². The van der Waals surface area contributed by atoms with Crippen LogP contribution < -0.4 is 0 Å². The summed E-state index contributed by atoms with van der Waals surface area (Å²) in [6.07, 6.45) is -1.59. The molecule has 2 bridgehead atoms. The number of fused-ring (bicyclic) bond motifs is 2. The molecule has 6 heteroatoms. The van der Waals surface area contributed by atoms with Gasteiger partial charge in [0.05, 0.1) is 11.1 Å². The molecule has 0 radical (unpaired) electrons. The molecule has 20 heavy (non-hydrogen) atoms. The van der Waals surface area contributed by atoms with Gasteiger partial charge < -0.3 is 4.90 Å². The lowest BCUT2D eigenvalue weighted by Gasteiger charge is -2.28. The molecule has 0 N–H and O–H groups in total. The number of nitrogens with zero attached hydrogens (tertiary/aromatic N) is 1. The number of rotatable bonds is 1. The minimum atomic E-state index is -4.52. The van der Waals surface area contributed by atoms with Crippen LogP contribution in [-0.4, -0.2) is 23.4 Å². The van der Waals surface area contributed by atoms with Gasteiger partial charge >= 0.3 is 6.18 Å². The third-order valence-corrected chi connectivity index (χ3v) is 4.68. The maximum absolute atomic E-state index is 13.1. The van der Waals surface area contributed by atoms with Crippen molar-refractivity contribution in [3.05, 3.63) is 33.8 Å². The monoisotopic (exact) mass is 347 g/mol. The van der Waals surface area contributed by atoms with Gasteiger partial charge in [-0.1, -0.05) is 15.9 Å². The van der Waals surface area contributed by atoms with Crippen molar-refractivity contribution < 1.29 is 18.0 Å². The molecule has 1 saturated heterocycles. The Morgan fingerprint density at radius 3 is 2.60 bits per heavy atom. The second-order valence-corrected chi connectivity index (χ2v) is 6.39. The van der Waals surface area contributed by atoms with Crippen molar-refractivity contribution in [2.24, 2.45) is 5.92 Å². The Morgan fingerprint density at radius 1 is 1.30 bits per heavy atom. The topological polar surface area (TPSA) is 20.3 Å². The molecule has 3 rings (SSSR count). The van der Waals surface area contributed by atoms with E-state index in [1.165, 1.54) is 12.1 Å². The van der Waals surface area contributed by atoms with Crippen molar-refractivity contribution >= 4 is 21.8 Å². The Kier molecular flexibility index (Phi) is 3.31. The first-order valence-corrected chi connectivity index (χ1v) is 7.33. The molecular formula is C14H13BrF3NO. The smallest absolute Gasteiger partial charge is 0.335 e. The summed E-state index contributed by atoms with van der Waals surface area (Å²) in [5.74, 6) is -0.0224. The normalized spacial score (nSPS) is 25.3. The number of alkyl halides is 3. The average Bonchev–Trinajstić information content (AvgIpc) is 2.99. The van der Waals surface area contributed by atoms with Gasteiger partial charge in [0.25, 0.3) is 5.91 Å². The molecule has 2 nitrogen and oxygen atoms in total. The van der Waals surface area contributed by atoms with Crippen LogP contribution in [0.3, 0.4) is 0 Å². The molecule has 0 spiro atoms. The molecule has 1 aromatic rings. The summed E-state index contributed by atoms with van der Waals surface area (Å²) in [6, 6.07) is 3.84. The second-order valence-electron chi connectivity index (χ2n) is 5.48. The SMILES string of the molecule is O=C(c1ccc(Br)cc1C(F)(F)F)N1CC2CCC1C2. The lowest BCUT2D eigenvalue weighted by molar-refractivity contribution is -0.138. The maximum atomic E-state index is 13.1. The number of halogens is 4. The van der Waals surface area contributed by atoms with Crippen molar-refractivity contribution in [3.8, 4) is 0 Å². The van der Waals surface area contributed by atoms with Gasteiger partial charge in [-0.15, -0.1) is 0 Å². The van der Waals surface area contributed by atoms with Gasteiger partial charge in [0.2, 0.25) is 0 Å². The Labute approximate surface area is 123 Å². The van der Waals surface area contributed by atoms with Crippen LogP contribution in [0.5, 0.6) is 0 Å². The third-order valence-electron chi connectivity index (χ3n) is 4.19. The Bertz CT molecular complexity index is 558. The van der Waals surface area contributed by atoms with Crippen LogP contribution in [0.2, 0.25) is 0 Å². The standard InChI is InChI=1S/C14H13BrF3NO/c15-9-2-4-11(12(6-9)14(16,17)18)13(20)19-7-8-1-3-10(19)5-8/h2,4,6,8,10H,1,3,5,7H2. The van der Waals surface area contributed by atoms with Crippen molar-refractivity contribution in [2.45, 2.75) is 31.5 Å². The summed E-state index contributed by atoms with van der Waals surface area (Å²) in [4.78, 5) is 14.0. The minimum Gasteiger partial charge on any atom is -0.335 e. The van der Waals surface area contributed by atoms with Crippen molar-refractivity contribution in [3.63, 3.8) is 0 Å². The highest BCUT2D eigenvalue weighted by molar-refractivity contribution is 9.10. The van der Waals surface area contributed by atoms with E-state index in [1.807, 2.05) is 0 Å². The number of benzene rings is 1. The number of amides is 1. The molecule has 1 aliphatic heterocycles. The van der Waals surface area contributed by atoms with E-state index in [4.69, 9.17) is 0 Å². The molecule has 2 atom stereocenters. The van der Waals surface area contributed by atoms with Crippen LogP contribution in [0.25, 0.3) is 0 Å². The highest BCUT2D eigenvalue weighted by Gasteiger charge is 2.43. The molecule has 0 aromatic heterocycles. The first-order valence-electron chi connectivity index (χ1n) is 6.54. The fourth-order valence-electron chi connectivity index (χ4n) is 3.27. The van der Waals surface area contributed by atoms with E-state index in [9.17, 15) is 18.0 Å². The predicted octanol–water partition coefficient (Wildman–Crippen LogP) is 4.09. The molecule has 1 heterocycles. The quantitative estimate of drug-likeness (QED) is 0.749. The summed E-state index contributed by atoms with van der Waals surface area (Å²) in [7, 11) is 0. The lowest BCUT2D eigenvalue weighted by atomic mass is 10.0. The average molecular weight is 348 g/mol. The molecule has 2 aliphatic rings. The van der Waals surface area contributed by atoms with Crippen LogP contribution in [0.15, 0.2) is 22.7 Å². The zero-order valence-electron chi connectivity index (χ0n) is 10.6. The number of likely N-dealkylation sites (tertiary alicyclic amines) is 1. The summed E-state index contributed by atoms with van der Waals surface area (Å²) >= 11 is 3.03. The molecular weight excluding hydrogens is 335 g/mol. The number of hydrogen-bond donors (Lipinski definition) is 0. The Balaban J connectivity index is 1.96. The fraction of sp³-hybridized carbons (Fsp3) is 0.500. The predicted molar refractivity (Wildman–Crippen MR) is 71.3 cm³/mol. The van der Waals surface area contributed by atoms with Crippen molar-refractivity contribution in [1.29, 1.82) is 0 Å². The number of piperidine rings is 1. The van der Waals surface area contributed by atoms with Crippen LogP contribution in [0, 0.1) is 5.92 Å². The van der Waals surface area contributed by atoms with Crippen LogP contribution in [0.4, 0.5) is 13.2 Å². The molecule has 2 fully saturated rings. The first-order chi connectivity index (χ1) is 9.36. The Hall–Kier alpha value is -1.04. The highest BCUT2D eigenvalue weighted by atomic mass is 79.9. The van der Waals surface area contributed by atoms with E-state index in [1.54, 1.807) is 4.90 Å². The van der Waals surface area contributed by atoms with Gasteiger partial charge in [0.15, 0.2) is 0 Å². The number of hydrogen-bond acceptors (Lipinski definition) is 1.